The van der Waals surface area contributed by atoms with Crippen molar-refractivity contribution in [2.24, 2.45) is 0 Å². The zero-order valence-corrected chi connectivity index (χ0v) is 7.76. The van der Waals surface area contributed by atoms with Gasteiger partial charge in [0.15, 0.2) is 0 Å². The molecule has 9 heavy (non-hydrogen) atoms. The number of hydrogen-bond donors (Lipinski definition) is 0. The molecule has 0 aliphatic carbocycles. The molecule has 2 heteroatoms. The third-order valence-corrected chi connectivity index (χ3v) is 3.14. The van der Waals surface area contributed by atoms with Crippen molar-refractivity contribution in [2.75, 3.05) is 0 Å². The number of rotatable bonds is 3. The van der Waals surface area contributed by atoms with Crippen LogP contribution in [0.2, 0.25) is 0 Å². The fourth-order valence-corrected chi connectivity index (χ4v) is 0.956. The molecular formula is C7H14Cl2. The van der Waals surface area contributed by atoms with Crippen molar-refractivity contribution >= 4 is 23.2 Å². The van der Waals surface area contributed by atoms with E-state index in [0.717, 1.165) is 12.8 Å². The van der Waals surface area contributed by atoms with Gasteiger partial charge in [-0.1, -0.05) is 13.8 Å². The molecule has 0 fully saturated rings. The van der Waals surface area contributed by atoms with Crippen LogP contribution in [0.25, 0.3) is 0 Å². The Labute approximate surface area is 67.5 Å². The Hall–Kier alpha value is 0.580. The van der Waals surface area contributed by atoms with Crippen LogP contribution in [0.3, 0.4) is 0 Å². The van der Waals surface area contributed by atoms with Crippen molar-refractivity contribution < 1.29 is 0 Å². The highest BCUT2D eigenvalue weighted by atomic mass is 35.5. The number of halogens is 2. The summed E-state index contributed by atoms with van der Waals surface area (Å²) in [4.78, 5) is -0.212. The Balaban J connectivity index is 3.80. The van der Waals surface area contributed by atoms with Crippen LogP contribution in [0.5, 0.6) is 0 Å². The highest BCUT2D eigenvalue weighted by Gasteiger charge is 2.26. The molecule has 0 aliphatic rings. The van der Waals surface area contributed by atoms with Gasteiger partial charge in [0.25, 0.3) is 0 Å². The van der Waals surface area contributed by atoms with Crippen molar-refractivity contribution in [1.82, 2.24) is 0 Å². The Kier molecular flexibility index (Phi) is 3.91. The third-order valence-electron chi connectivity index (χ3n) is 1.70. The predicted octanol–water partition coefficient (Wildman–Crippen LogP) is 3.41. The molecule has 0 nitrogen and oxygen atoms in total. The van der Waals surface area contributed by atoms with Gasteiger partial charge in [0.2, 0.25) is 0 Å². The van der Waals surface area contributed by atoms with Crippen LogP contribution in [-0.4, -0.2) is 10.3 Å². The highest BCUT2D eigenvalue weighted by molar-refractivity contribution is 6.32. The van der Waals surface area contributed by atoms with E-state index in [1.165, 1.54) is 0 Å². The molecule has 0 saturated carbocycles. The van der Waals surface area contributed by atoms with E-state index in [0.29, 0.717) is 0 Å². The van der Waals surface area contributed by atoms with Crippen molar-refractivity contribution in [3.8, 4) is 0 Å². The zero-order valence-electron chi connectivity index (χ0n) is 6.25. The predicted molar refractivity (Wildman–Crippen MR) is 44.5 cm³/mol. The average molecular weight is 169 g/mol. The monoisotopic (exact) mass is 168 g/mol. The van der Waals surface area contributed by atoms with Gasteiger partial charge in [0.05, 0.1) is 10.3 Å². The van der Waals surface area contributed by atoms with Crippen LogP contribution >= 0.6 is 23.2 Å². The molecule has 0 spiro atoms. The van der Waals surface area contributed by atoms with Gasteiger partial charge in [-0.15, -0.1) is 23.2 Å². The van der Waals surface area contributed by atoms with Crippen LogP contribution in [0, 0.1) is 0 Å². The molecule has 56 valence electrons. The first-order valence-corrected chi connectivity index (χ1v) is 4.19. The Morgan fingerprint density at radius 3 is 2.00 bits per heavy atom. The zero-order chi connectivity index (χ0) is 7.49. The maximum Gasteiger partial charge on any atom is 0.0579 e. The summed E-state index contributed by atoms with van der Waals surface area (Å²) >= 11 is 12.0. The lowest BCUT2D eigenvalue weighted by molar-refractivity contribution is 0.557. The minimum absolute atomic E-state index is 0.101. The van der Waals surface area contributed by atoms with Crippen LogP contribution in [0.1, 0.15) is 33.6 Å². The lowest BCUT2D eigenvalue weighted by Crippen LogP contribution is -2.27. The Morgan fingerprint density at radius 2 is 1.89 bits per heavy atom. The van der Waals surface area contributed by atoms with Gasteiger partial charge in [-0.2, -0.15) is 0 Å². The maximum absolute atomic E-state index is 6.04. The van der Waals surface area contributed by atoms with Gasteiger partial charge < -0.3 is 0 Å². The van der Waals surface area contributed by atoms with Gasteiger partial charge in [-0.3, -0.25) is 0 Å². The summed E-state index contributed by atoms with van der Waals surface area (Å²) in [5.74, 6) is 0. The molecule has 0 saturated heterocycles. The SMILES string of the molecule is CCC(Cl)C(C)(Cl)CC. The Morgan fingerprint density at radius 1 is 1.44 bits per heavy atom. The van der Waals surface area contributed by atoms with Crippen LogP contribution in [0.15, 0.2) is 0 Å². The summed E-state index contributed by atoms with van der Waals surface area (Å²) in [7, 11) is 0. The van der Waals surface area contributed by atoms with E-state index < -0.39 is 0 Å². The van der Waals surface area contributed by atoms with Gasteiger partial charge in [-0.05, 0) is 19.8 Å². The van der Waals surface area contributed by atoms with Crippen molar-refractivity contribution in [2.45, 2.75) is 43.9 Å². The van der Waals surface area contributed by atoms with E-state index >= 15 is 0 Å². The topological polar surface area (TPSA) is 0 Å². The number of hydrogen-bond acceptors (Lipinski definition) is 0. The molecule has 0 radical (unpaired) electrons. The molecule has 0 aromatic carbocycles. The molecule has 0 amide bonds. The van der Waals surface area contributed by atoms with E-state index in [-0.39, 0.29) is 10.3 Å². The van der Waals surface area contributed by atoms with E-state index in [1.807, 2.05) is 13.8 Å². The first-order valence-electron chi connectivity index (χ1n) is 3.37. The Bertz CT molecular complexity index is 79.0. The standard InChI is InChI=1S/C7H14Cl2/c1-4-6(8)7(3,9)5-2/h6H,4-5H2,1-3H3. The van der Waals surface area contributed by atoms with Gasteiger partial charge >= 0.3 is 0 Å². The molecule has 0 aromatic rings. The summed E-state index contributed by atoms with van der Waals surface area (Å²) in [6.45, 7) is 6.09. The van der Waals surface area contributed by atoms with E-state index in [2.05, 4.69) is 6.92 Å². The van der Waals surface area contributed by atoms with Gasteiger partial charge in [-0.25, -0.2) is 0 Å². The number of alkyl halides is 2. The van der Waals surface area contributed by atoms with Gasteiger partial charge in [0.1, 0.15) is 0 Å². The molecule has 0 bridgehead atoms. The fourth-order valence-electron chi connectivity index (χ4n) is 0.647. The average Bonchev–Trinajstić information content (AvgIpc) is 1.86. The van der Waals surface area contributed by atoms with Gasteiger partial charge in [0, 0.05) is 0 Å². The quantitative estimate of drug-likeness (QED) is 0.568. The molecular weight excluding hydrogens is 155 g/mol. The van der Waals surface area contributed by atoms with E-state index in [1.54, 1.807) is 0 Å². The van der Waals surface area contributed by atoms with Crippen LogP contribution < -0.4 is 0 Å². The smallest absolute Gasteiger partial charge is 0.0579 e. The lowest BCUT2D eigenvalue weighted by atomic mass is 10.0. The summed E-state index contributed by atoms with van der Waals surface area (Å²) in [6, 6.07) is 0. The lowest BCUT2D eigenvalue weighted by Gasteiger charge is -2.24. The maximum atomic E-state index is 6.04. The summed E-state index contributed by atoms with van der Waals surface area (Å²) in [5.41, 5.74) is 0. The summed E-state index contributed by atoms with van der Waals surface area (Å²) in [6.07, 6.45) is 1.87. The normalized spacial score (nSPS) is 21.0. The first kappa shape index (κ1) is 9.58. The highest BCUT2D eigenvalue weighted by Crippen LogP contribution is 2.29. The summed E-state index contributed by atoms with van der Waals surface area (Å²) < 4.78 is 0. The van der Waals surface area contributed by atoms with E-state index in [4.69, 9.17) is 23.2 Å². The van der Waals surface area contributed by atoms with Crippen LogP contribution in [0.4, 0.5) is 0 Å². The molecule has 0 N–H and O–H groups in total. The molecule has 0 rings (SSSR count). The van der Waals surface area contributed by atoms with E-state index in [9.17, 15) is 0 Å². The first-order chi connectivity index (χ1) is 4.04. The summed E-state index contributed by atoms with van der Waals surface area (Å²) in [5, 5.41) is 0.101. The van der Waals surface area contributed by atoms with Crippen LogP contribution in [-0.2, 0) is 0 Å². The second-order valence-corrected chi connectivity index (χ2v) is 3.90. The second kappa shape index (κ2) is 3.68. The molecule has 0 aromatic heterocycles. The third kappa shape index (κ3) is 2.77. The minimum Gasteiger partial charge on any atom is -0.121 e. The van der Waals surface area contributed by atoms with Crippen molar-refractivity contribution in [3.05, 3.63) is 0 Å². The molecule has 2 unspecified atom stereocenters. The minimum atomic E-state index is -0.212. The molecule has 0 heterocycles. The molecule has 2 atom stereocenters. The fraction of sp³-hybridized carbons (Fsp3) is 1.00. The van der Waals surface area contributed by atoms with Crippen molar-refractivity contribution in [3.63, 3.8) is 0 Å². The van der Waals surface area contributed by atoms with Crippen molar-refractivity contribution in [1.29, 1.82) is 0 Å². The molecule has 0 aliphatic heterocycles. The largest absolute Gasteiger partial charge is 0.121 e. The second-order valence-electron chi connectivity index (χ2n) is 2.51.